The largest absolute Gasteiger partial charge is 0.458 e. The zero-order valence-corrected chi connectivity index (χ0v) is 36.7. The van der Waals surface area contributed by atoms with Crippen molar-refractivity contribution >= 4 is 34.3 Å². The molecule has 0 fully saturated rings. The van der Waals surface area contributed by atoms with E-state index in [2.05, 4.69) is 144 Å². The number of nitrogens with zero attached hydrogens (tertiary/aromatic N) is 4. The van der Waals surface area contributed by atoms with Crippen molar-refractivity contribution in [1.82, 2.24) is 4.98 Å². The smallest absolute Gasteiger partial charge is 0.137 e. The molecule has 0 saturated carbocycles. The molecule has 0 bridgehead atoms. The van der Waals surface area contributed by atoms with Gasteiger partial charge < -0.3 is 14.5 Å². The van der Waals surface area contributed by atoms with Crippen LogP contribution in [-0.2, 0) is 10.8 Å². The first-order chi connectivity index (χ1) is 31.7. The van der Waals surface area contributed by atoms with Crippen molar-refractivity contribution in [3.8, 4) is 16.9 Å². The van der Waals surface area contributed by atoms with Crippen LogP contribution < -0.4 is 19.4 Å². The SMILES string of the molecule is [2H]C([2H])([2H])c1cccc(C([2H])([2H])[2H])c1N1CN(c2cc(OC3=CC[C@@]4(CC)C(=C3)N(c3cc(C(C)(C)C)ccn3)c3ccccc34)cc(-c3c(C(C)C)cccc3C(C)C)c2)c2ccccc21. The Morgan fingerprint density at radius 3 is 2.07 bits per heavy atom. The second-order valence-corrected chi connectivity index (χ2v) is 18.4. The van der Waals surface area contributed by atoms with Crippen LogP contribution in [0.2, 0.25) is 0 Å². The van der Waals surface area contributed by atoms with E-state index in [1.54, 1.807) is 0 Å². The topological polar surface area (TPSA) is 31.8 Å². The number of pyridine rings is 1. The van der Waals surface area contributed by atoms with E-state index >= 15 is 0 Å². The minimum absolute atomic E-state index is 0.00754. The molecular formula is C56H60N4O. The first-order valence-electron chi connectivity index (χ1n) is 24.7. The molecule has 0 spiro atoms. The number of anilines is 6. The maximum absolute atomic E-state index is 8.54. The zero-order valence-electron chi connectivity index (χ0n) is 42.7. The van der Waals surface area contributed by atoms with Gasteiger partial charge in [0.1, 0.15) is 24.0 Å². The van der Waals surface area contributed by atoms with Gasteiger partial charge >= 0.3 is 0 Å². The lowest BCUT2D eigenvalue weighted by Crippen LogP contribution is -2.31. The van der Waals surface area contributed by atoms with Gasteiger partial charge in [-0.2, -0.15) is 0 Å². The zero-order chi connectivity index (χ0) is 47.8. The van der Waals surface area contributed by atoms with Crippen LogP contribution in [0.15, 0.2) is 145 Å². The van der Waals surface area contributed by atoms with E-state index in [1.807, 2.05) is 41.4 Å². The van der Waals surface area contributed by atoms with Gasteiger partial charge in [-0.15, -0.1) is 0 Å². The van der Waals surface area contributed by atoms with Gasteiger partial charge in [0.05, 0.1) is 17.1 Å². The normalized spacial score (nSPS) is 19.0. The third-order valence-electron chi connectivity index (χ3n) is 12.9. The van der Waals surface area contributed by atoms with Crippen LogP contribution in [0.3, 0.4) is 0 Å². The lowest BCUT2D eigenvalue weighted by atomic mass is 9.72. The van der Waals surface area contributed by atoms with Crippen LogP contribution in [0.5, 0.6) is 5.75 Å². The van der Waals surface area contributed by atoms with E-state index in [4.69, 9.17) is 17.9 Å². The minimum atomic E-state index is -2.56. The molecule has 0 N–H and O–H groups in total. The molecule has 2 aliphatic heterocycles. The van der Waals surface area contributed by atoms with Crippen molar-refractivity contribution in [1.29, 1.82) is 0 Å². The van der Waals surface area contributed by atoms with Crippen molar-refractivity contribution in [3.05, 3.63) is 178 Å². The summed E-state index contributed by atoms with van der Waals surface area (Å²) >= 11 is 0. The van der Waals surface area contributed by atoms with Crippen molar-refractivity contribution < 1.29 is 13.0 Å². The molecule has 0 amide bonds. The molecule has 5 aromatic carbocycles. The van der Waals surface area contributed by atoms with Crippen molar-refractivity contribution in [2.75, 3.05) is 21.4 Å². The second kappa shape index (κ2) is 15.4. The Morgan fingerprint density at radius 1 is 0.754 bits per heavy atom. The Kier molecular flexibility index (Phi) is 8.51. The minimum Gasteiger partial charge on any atom is -0.458 e. The molecule has 61 heavy (non-hydrogen) atoms. The number of hydrogen-bond acceptors (Lipinski definition) is 5. The number of benzene rings is 5. The third kappa shape index (κ3) is 6.92. The van der Waals surface area contributed by atoms with Crippen molar-refractivity contribution in [2.24, 2.45) is 0 Å². The van der Waals surface area contributed by atoms with Crippen LogP contribution in [0.4, 0.5) is 34.3 Å². The molecule has 0 saturated heterocycles. The fourth-order valence-electron chi connectivity index (χ4n) is 9.71. The highest BCUT2D eigenvalue weighted by molar-refractivity contribution is 5.90. The van der Waals surface area contributed by atoms with E-state index in [1.165, 1.54) is 40.5 Å². The molecule has 1 atom stereocenters. The first kappa shape index (κ1) is 33.6. The summed E-state index contributed by atoms with van der Waals surface area (Å²) in [6.07, 6.45) is 7.95. The van der Waals surface area contributed by atoms with Gasteiger partial charge in [0.2, 0.25) is 0 Å². The van der Waals surface area contributed by atoms with Crippen LogP contribution in [0.1, 0.15) is 122 Å². The fraction of sp³-hybridized carbons (Fsp3) is 0.304. The molecule has 3 heterocycles. The Balaban J connectivity index is 1.21. The van der Waals surface area contributed by atoms with Gasteiger partial charge in [0.15, 0.2) is 0 Å². The molecule has 310 valence electrons. The fourth-order valence-corrected chi connectivity index (χ4v) is 9.71. The Labute approximate surface area is 372 Å². The van der Waals surface area contributed by atoms with Gasteiger partial charge in [0.25, 0.3) is 0 Å². The second-order valence-electron chi connectivity index (χ2n) is 18.4. The highest BCUT2D eigenvalue weighted by Gasteiger charge is 2.48. The van der Waals surface area contributed by atoms with Crippen molar-refractivity contribution in [2.45, 2.75) is 105 Å². The molecule has 1 aromatic heterocycles. The molecular weight excluding hydrogens is 745 g/mol. The molecule has 5 heteroatoms. The maximum Gasteiger partial charge on any atom is 0.137 e. The Bertz CT molecular complexity index is 2880. The van der Waals surface area contributed by atoms with E-state index in [0.29, 0.717) is 11.4 Å². The van der Waals surface area contributed by atoms with E-state index in [9.17, 15) is 0 Å². The van der Waals surface area contributed by atoms with E-state index in [-0.39, 0.29) is 46.1 Å². The van der Waals surface area contributed by atoms with Crippen LogP contribution >= 0.6 is 0 Å². The molecule has 5 nitrogen and oxygen atoms in total. The molecule has 9 rings (SSSR count). The molecule has 6 aromatic rings. The number of para-hydroxylation sites is 4. The average Bonchev–Trinajstić information content (AvgIpc) is 3.81. The lowest BCUT2D eigenvalue weighted by molar-refractivity contribution is 0.415. The lowest BCUT2D eigenvalue weighted by Gasteiger charge is -2.35. The summed E-state index contributed by atoms with van der Waals surface area (Å²) in [6.45, 7) is 12.9. The Morgan fingerprint density at radius 2 is 1.41 bits per heavy atom. The molecule has 1 aliphatic carbocycles. The summed E-state index contributed by atoms with van der Waals surface area (Å²) in [5, 5.41) is 0. The number of allylic oxidation sites excluding steroid dienone is 3. The third-order valence-corrected chi connectivity index (χ3v) is 12.9. The van der Waals surface area contributed by atoms with Gasteiger partial charge in [-0.3, -0.25) is 4.90 Å². The number of fused-ring (bicyclic) bond motifs is 4. The van der Waals surface area contributed by atoms with Gasteiger partial charge in [0, 0.05) is 49.1 Å². The maximum atomic E-state index is 8.54. The molecule has 0 radical (unpaired) electrons. The predicted octanol–water partition coefficient (Wildman–Crippen LogP) is 15.2. The molecule has 3 aliphatic rings. The number of ether oxygens (including phenoxy) is 1. The number of aromatic nitrogens is 1. The quantitative estimate of drug-likeness (QED) is 0.145. The van der Waals surface area contributed by atoms with E-state index < -0.39 is 13.7 Å². The van der Waals surface area contributed by atoms with Gasteiger partial charge in [-0.25, -0.2) is 4.98 Å². The summed E-state index contributed by atoms with van der Waals surface area (Å²) in [5.41, 5.74) is 11.5. The van der Waals surface area contributed by atoms with Gasteiger partial charge in [-0.05, 0) is 137 Å². The summed E-state index contributed by atoms with van der Waals surface area (Å²) in [5.74, 6) is 2.70. The van der Waals surface area contributed by atoms with Crippen molar-refractivity contribution in [3.63, 3.8) is 0 Å². The number of hydrogen-bond donors (Lipinski definition) is 0. The Hall–Kier alpha value is -6.07. The highest BCUT2D eigenvalue weighted by Crippen LogP contribution is 2.57. The molecule has 0 unspecified atom stereocenters. The highest BCUT2D eigenvalue weighted by atomic mass is 16.5. The van der Waals surface area contributed by atoms with Crippen LogP contribution in [0.25, 0.3) is 11.1 Å². The first-order valence-corrected chi connectivity index (χ1v) is 21.7. The number of aryl methyl sites for hydroxylation is 2. The standard InChI is InChI=1S/C56H60N4O/c1-11-56-28-26-43(34-51(56)60(48-23-13-12-22-47(48)56)52-32-41(27-29-57-52)55(8,9)10)61-44-31-40(53-45(36(2)3)20-17-21-46(53)37(4)5)30-42(33-44)58-35-59(50-25-15-14-24-49(50)58)54-38(6)18-16-19-39(54)7/h12-27,29-34,36-37H,11,28,35H2,1-10H3/t56-/m1/s1/i6D3,7D3. The summed E-state index contributed by atoms with van der Waals surface area (Å²) < 4.78 is 58.4. The predicted molar refractivity (Wildman–Crippen MR) is 256 cm³/mol. The van der Waals surface area contributed by atoms with Gasteiger partial charge in [-0.1, -0.05) is 122 Å². The monoisotopic (exact) mass is 811 g/mol. The summed E-state index contributed by atoms with van der Waals surface area (Å²) in [7, 11) is 0. The van der Waals surface area contributed by atoms with Crippen LogP contribution in [0, 0.1) is 13.7 Å². The number of rotatable bonds is 9. The summed E-state index contributed by atoms with van der Waals surface area (Å²) in [6, 6.07) is 38.3. The van der Waals surface area contributed by atoms with Crippen LogP contribution in [-0.4, -0.2) is 11.7 Å². The average molecular weight is 811 g/mol. The van der Waals surface area contributed by atoms with E-state index in [0.717, 1.165) is 58.3 Å². The summed E-state index contributed by atoms with van der Waals surface area (Å²) in [4.78, 5) is 11.3.